The molecule has 0 saturated carbocycles. The van der Waals surface area contributed by atoms with Gasteiger partial charge in [-0.2, -0.15) is 5.10 Å². The van der Waals surface area contributed by atoms with Gasteiger partial charge in [-0.15, -0.1) is 0 Å². The number of carbonyl (C=O) groups is 1. The minimum atomic E-state index is -0.251. The molecule has 0 aliphatic heterocycles. The van der Waals surface area contributed by atoms with Crippen LogP contribution >= 0.6 is 0 Å². The van der Waals surface area contributed by atoms with E-state index in [1.54, 1.807) is 26.4 Å². The molecule has 26 heavy (non-hydrogen) atoms. The molecule has 0 aliphatic carbocycles. The number of carbonyl (C=O) groups excluding carboxylic acids is 1. The Kier molecular flexibility index (Phi) is 5.17. The van der Waals surface area contributed by atoms with Crippen molar-refractivity contribution in [3.05, 3.63) is 60.4 Å². The number of nitrogens with one attached hydrogen (secondary N) is 2. The second-order valence-corrected chi connectivity index (χ2v) is 5.74. The van der Waals surface area contributed by atoms with Gasteiger partial charge in [0.05, 0.1) is 36.4 Å². The van der Waals surface area contributed by atoms with E-state index in [0.29, 0.717) is 5.88 Å². The van der Waals surface area contributed by atoms with Gasteiger partial charge in [0.25, 0.3) is 0 Å². The maximum atomic E-state index is 11.6. The average Bonchev–Trinajstić information content (AvgIpc) is 3.14. The van der Waals surface area contributed by atoms with Crippen molar-refractivity contribution in [1.29, 1.82) is 0 Å². The van der Waals surface area contributed by atoms with Crippen molar-refractivity contribution < 1.29 is 9.53 Å². The van der Waals surface area contributed by atoms with Crippen molar-refractivity contribution in [3.8, 4) is 22.8 Å². The van der Waals surface area contributed by atoms with Crippen LogP contribution in [0.3, 0.4) is 0 Å². The zero-order chi connectivity index (χ0) is 18.5. The lowest BCUT2D eigenvalue weighted by Crippen LogP contribution is -2.34. The number of nitrogens with zero attached hydrogens (tertiary/aromatic N) is 3. The van der Waals surface area contributed by atoms with E-state index in [2.05, 4.69) is 15.6 Å². The highest BCUT2D eigenvalue weighted by Gasteiger charge is 2.17. The fraction of sp³-hybridized carbons (Fsp3) is 0.211. The molecule has 1 aromatic carbocycles. The quantitative estimate of drug-likeness (QED) is 0.740. The highest BCUT2D eigenvalue weighted by atomic mass is 16.5. The standard InChI is InChI=1S/C19H21N5O2/c1-13(22-19(25)20-2)16-11-17(14-7-5-4-6-8-14)24(23-16)15-9-10-18(26-3)21-12-15/h4-13H,1-3H3,(H2,20,22,25). The molecular formula is C19H21N5O2. The summed E-state index contributed by atoms with van der Waals surface area (Å²) < 4.78 is 6.94. The molecule has 2 heterocycles. The number of hydrogen-bond acceptors (Lipinski definition) is 4. The third-order valence-electron chi connectivity index (χ3n) is 3.99. The zero-order valence-electron chi connectivity index (χ0n) is 14.9. The monoisotopic (exact) mass is 351 g/mol. The smallest absolute Gasteiger partial charge is 0.315 e. The van der Waals surface area contributed by atoms with E-state index in [1.165, 1.54) is 0 Å². The molecule has 2 aromatic heterocycles. The van der Waals surface area contributed by atoms with Gasteiger partial charge >= 0.3 is 6.03 Å². The van der Waals surface area contributed by atoms with E-state index in [0.717, 1.165) is 22.6 Å². The summed E-state index contributed by atoms with van der Waals surface area (Å²) in [6, 6.07) is 15.1. The van der Waals surface area contributed by atoms with Gasteiger partial charge in [0, 0.05) is 18.7 Å². The lowest BCUT2D eigenvalue weighted by atomic mass is 10.1. The van der Waals surface area contributed by atoms with E-state index in [-0.39, 0.29) is 12.1 Å². The van der Waals surface area contributed by atoms with Crippen molar-refractivity contribution in [3.63, 3.8) is 0 Å². The molecule has 3 rings (SSSR count). The summed E-state index contributed by atoms with van der Waals surface area (Å²) in [6.45, 7) is 1.89. The Morgan fingerprint density at radius 1 is 1.19 bits per heavy atom. The zero-order valence-corrected chi connectivity index (χ0v) is 14.9. The van der Waals surface area contributed by atoms with Crippen molar-refractivity contribution in [2.45, 2.75) is 13.0 Å². The predicted octanol–water partition coefficient (Wildman–Crippen LogP) is 2.93. The van der Waals surface area contributed by atoms with Gasteiger partial charge in [0.2, 0.25) is 5.88 Å². The molecule has 0 fully saturated rings. The predicted molar refractivity (Wildman–Crippen MR) is 99.4 cm³/mol. The molecule has 2 N–H and O–H groups in total. The molecule has 1 atom stereocenters. The Morgan fingerprint density at radius 2 is 1.96 bits per heavy atom. The average molecular weight is 351 g/mol. The summed E-state index contributed by atoms with van der Waals surface area (Å²) in [6.07, 6.45) is 1.71. The van der Waals surface area contributed by atoms with Crippen LogP contribution in [0, 0.1) is 0 Å². The van der Waals surface area contributed by atoms with Crippen LogP contribution in [-0.4, -0.2) is 35.0 Å². The normalized spacial score (nSPS) is 11.7. The van der Waals surface area contributed by atoms with Crippen LogP contribution in [0.5, 0.6) is 5.88 Å². The van der Waals surface area contributed by atoms with Crippen LogP contribution in [0.1, 0.15) is 18.7 Å². The summed E-state index contributed by atoms with van der Waals surface area (Å²) in [7, 11) is 3.16. The number of benzene rings is 1. The number of amides is 2. The minimum Gasteiger partial charge on any atom is -0.481 e. The summed E-state index contributed by atoms with van der Waals surface area (Å²) in [5.41, 5.74) is 3.50. The largest absolute Gasteiger partial charge is 0.481 e. The van der Waals surface area contributed by atoms with Crippen molar-refractivity contribution in [2.24, 2.45) is 0 Å². The van der Waals surface area contributed by atoms with Crippen molar-refractivity contribution >= 4 is 6.03 Å². The highest BCUT2D eigenvalue weighted by Crippen LogP contribution is 2.26. The Labute approximate surface area is 152 Å². The molecule has 2 amide bonds. The summed E-state index contributed by atoms with van der Waals surface area (Å²) in [5, 5.41) is 10.1. The van der Waals surface area contributed by atoms with E-state index < -0.39 is 0 Å². The number of hydrogen-bond donors (Lipinski definition) is 2. The first-order chi connectivity index (χ1) is 12.6. The fourth-order valence-corrected chi connectivity index (χ4v) is 2.58. The van der Waals surface area contributed by atoms with E-state index in [4.69, 9.17) is 9.84 Å². The summed E-state index contributed by atoms with van der Waals surface area (Å²) >= 11 is 0. The number of methoxy groups -OCH3 is 1. The topological polar surface area (TPSA) is 81.1 Å². The van der Waals surface area contributed by atoms with E-state index in [9.17, 15) is 4.79 Å². The minimum absolute atomic E-state index is 0.245. The van der Waals surface area contributed by atoms with E-state index in [1.807, 2.05) is 54.1 Å². The van der Waals surface area contributed by atoms with Gasteiger partial charge < -0.3 is 15.4 Å². The Hall–Kier alpha value is -3.35. The molecule has 7 heteroatoms. The van der Waals surface area contributed by atoms with Crippen molar-refractivity contribution in [2.75, 3.05) is 14.2 Å². The molecule has 3 aromatic rings. The first kappa shape index (κ1) is 17.5. The van der Waals surface area contributed by atoms with Gasteiger partial charge in [0.1, 0.15) is 0 Å². The van der Waals surface area contributed by atoms with Gasteiger partial charge in [0.15, 0.2) is 0 Å². The Morgan fingerprint density at radius 3 is 2.58 bits per heavy atom. The highest BCUT2D eigenvalue weighted by molar-refractivity contribution is 5.74. The molecule has 134 valence electrons. The Balaban J connectivity index is 2.04. The molecule has 0 radical (unpaired) electrons. The molecule has 0 bridgehead atoms. The van der Waals surface area contributed by atoms with Crippen LogP contribution in [0.25, 0.3) is 16.9 Å². The SMILES string of the molecule is CNC(=O)NC(C)c1cc(-c2ccccc2)n(-c2ccc(OC)nc2)n1. The molecule has 0 spiro atoms. The molecule has 0 aliphatic rings. The third kappa shape index (κ3) is 3.66. The van der Waals surface area contributed by atoms with Crippen LogP contribution in [0.4, 0.5) is 4.79 Å². The van der Waals surface area contributed by atoms with Crippen molar-refractivity contribution in [1.82, 2.24) is 25.4 Å². The van der Waals surface area contributed by atoms with Gasteiger partial charge in [-0.1, -0.05) is 30.3 Å². The second kappa shape index (κ2) is 7.69. The number of aromatic nitrogens is 3. The lowest BCUT2D eigenvalue weighted by molar-refractivity contribution is 0.239. The second-order valence-electron chi connectivity index (χ2n) is 5.74. The molecular weight excluding hydrogens is 330 g/mol. The summed E-state index contributed by atoms with van der Waals surface area (Å²) in [4.78, 5) is 15.9. The fourth-order valence-electron chi connectivity index (χ4n) is 2.58. The number of rotatable bonds is 5. The number of pyridine rings is 1. The first-order valence-electron chi connectivity index (χ1n) is 8.26. The van der Waals surface area contributed by atoms with Gasteiger partial charge in [-0.05, 0) is 19.1 Å². The lowest BCUT2D eigenvalue weighted by Gasteiger charge is -2.10. The van der Waals surface area contributed by atoms with Crippen LogP contribution in [-0.2, 0) is 0 Å². The number of urea groups is 1. The van der Waals surface area contributed by atoms with Crippen LogP contribution in [0.2, 0.25) is 0 Å². The van der Waals surface area contributed by atoms with Crippen LogP contribution < -0.4 is 15.4 Å². The van der Waals surface area contributed by atoms with Crippen LogP contribution in [0.15, 0.2) is 54.7 Å². The summed E-state index contributed by atoms with van der Waals surface area (Å²) in [5.74, 6) is 0.539. The van der Waals surface area contributed by atoms with Gasteiger partial charge in [-0.3, -0.25) is 0 Å². The number of ether oxygens (including phenoxy) is 1. The maximum absolute atomic E-state index is 11.6. The Bertz CT molecular complexity index is 875. The molecule has 0 saturated heterocycles. The molecule has 7 nitrogen and oxygen atoms in total. The first-order valence-corrected chi connectivity index (χ1v) is 8.26. The third-order valence-corrected chi connectivity index (χ3v) is 3.99. The van der Waals surface area contributed by atoms with Gasteiger partial charge in [-0.25, -0.2) is 14.5 Å². The molecule has 1 unspecified atom stereocenters. The maximum Gasteiger partial charge on any atom is 0.315 e. The van der Waals surface area contributed by atoms with E-state index >= 15 is 0 Å².